The van der Waals surface area contributed by atoms with E-state index in [1.165, 1.54) is 6.20 Å². The highest BCUT2D eigenvalue weighted by molar-refractivity contribution is 5.92. The van der Waals surface area contributed by atoms with Gasteiger partial charge in [-0.05, 0) is 45.1 Å². The molecule has 0 radical (unpaired) electrons. The topological polar surface area (TPSA) is 71.2 Å². The molecule has 1 aliphatic heterocycles. The Morgan fingerprint density at radius 2 is 2.18 bits per heavy atom. The monoisotopic (exact) mass is 234 g/mol. The Balaban J connectivity index is 1.92. The molecule has 0 atom stereocenters. The van der Waals surface area contributed by atoms with Gasteiger partial charge >= 0.3 is 0 Å². The molecule has 0 aromatic carbocycles. The van der Waals surface area contributed by atoms with Crippen LogP contribution in [0.3, 0.4) is 0 Å². The Morgan fingerprint density at radius 1 is 1.47 bits per heavy atom. The Kier molecular flexibility index (Phi) is 3.58. The van der Waals surface area contributed by atoms with Gasteiger partial charge in [0, 0.05) is 12.2 Å². The van der Waals surface area contributed by atoms with E-state index in [1.54, 1.807) is 12.1 Å². The number of pyridine rings is 1. The maximum atomic E-state index is 10.9. The second-order valence-electron chi connectivity index (χ2n) is 4.52. The van der Waals surface area contributed by atoms with E-state index in [-0.39, 0.29) is 0 Å². The minimum atomic E-state index is -0.441. The molecule has 1 fully saturated rings. The molecule has 1 amide bonds. The number of hydrogen-bond acceptors (Lipinski definition) is 4. The first kappa shape index (κ1) is 11.9. The number of aromatic nitrogens is 1. The van der Waals surface area contributed by atoms with Crippen LogP contribution in [0, 0.1) is 0 Å². The molecular formula is C12H18N4O. The largest absolute Gasteiger partial charge is 0.367 e. The van der Waals surface area contributed by atoms with Crippen LogP contribution >= 0.6 is 0 Å². The number of nitrogens with one attached hydrogen (secondary N) is 1. The van der Waals surface area contributed by atoms with Gasteiger partial charge in [-0.3, -0.25) is 4.79 Å². The summed E-state index contributed by atoms with van der Waals surface area (Å²) in [5.41, 5.74) is 5.60. The zero-order valence-electron chi connectivity index (χ0n) is 10.0. The zero-order valence-corrected chi connectivity index (χ0v) is 10.0. The summed E-state index contributed by atoms with van der Waals surface area (Å²) in [5, 5.41) is 3.38. The van der Waals surface area contributed by atoms with E-state index in [1.807, 2.05) is 0 Å². The third-order valence-corrected chi connectivity index (χ3v) is 3.12. The van der Waals surface area contributed by atoms with E-state index in [4.69, 9.17) is 5.73 Å². The van der Waals surface area contributed by atoms with Crippen molar-refractivity contribution in [2.75, 3.05) is 25.5 Å². The summed E-state index contributed by atoms with van der Waals surface area (Å²) >= 11 is 0. The summed E-state index contributed by atoms with van der Waals surface area (Å²) in [6.45, 7) is 2.22. The first-order valence-corrected chi connectivity index (χ1v) is 5.86. The molecule has 0 saturated carbocycles. The maximum absolute atomic E-state index is 10.9. The summed E-state index contributed by atoms with van der Waals surface area (Å²) in [4.78, 5) is 17.4. The van der Waals surface area contributed by atoms with Gasteiger partial charge in [-0.15, -0.1) is 0 Å². The van der Waals surface area contributed by atoms with E-state index in [9.17, 15) is 4.79 Å². The number of nitrogens with two attached hydrogens (primary N) is 1. The molecule has 1 saturated heterocycles. The van der Waals surface area contributed by atoms with Crippen LogP contribution in [-0.2, 0) is 0 Å². The normalized spacial score (nSPS) is 17.9. The molecule has 3 N–H and O–H groups in total. The highest BCUT2D eigenvalue weighted by Gasteiger charge is 2.16. The molecule has 5 nitrogen and oxygen atoms in total. The Labute approximate surface area is 101 Å². The average molecular weight is 234 g/mol. The molecule has 0 bridgehead atoms. The second-order valence-corrected chi connectivity index (χ2v) is 4.52. The van der Waals surface area contributed by atoms with Gasteiger partial charge in [0.25, 0.3) is 0 Å². The van der Waals surface area contributed by atoms with Crippen molar-refractivity contribution >= 4 is 11.7 Å². The minimum Gasteiger partial charge on any atom is -0.367 e. The standard InChI is InChI=1S/C12H18N4O/c1-16-6-4-10(5-7-16)15-11-3-2-9(8-14-11)12(13)17/h2-3,8,10H,4-7H2,1H3,(H2,13,17)(H,14,15). The Morgan fingerprint density at radius 3 is 2.71 bits per heavy atom. The lowest BCUT2D eigenvalue weighted by molar-refractivity contribution is 0.1000. The van der Waals surface area contributed by atoms with Crippen molar-refractivity contribution in [1.29, 1.82) is 0 Å². The van der Waals surface area contributed by atoms with Gasteiger partial charge in [0.05, 0.1) is 5.56 Å². The van der Waals surface area contributed by atoms with Crippen molar-refractivity contribution in [3.63, 3.8) is 0 Å². The van der Waals surface area contributed by atoms with Gasteiger partial charge < -0.3 is 16.0 Å². The Bertz CT molecular complexity index is 382. The van der Waals surface area contributed by atoms with Gasteiger partial charge in [0.1, 0.15) is 5.82 Å². The van der Waals surface area contributed by atoms with Crippen LogP contribution in [0.1, 0.15) is 23.2 Å². The van der Waals surface area contributed by atoms with E-state index < -0.39 is 5.91 Å². The van der Waals surface area contributed by atoms with Crippen LogP contribution in [0.25, 0.3) is 0 Å². The quantitative estimate of drug-likeness (QED) is 0.807. The molecular weight excluding hydrogens is 216 g/mol. The van der Waals surface area contributed by atoms with E-state index >= 15 is 0 Å². The molecule has 1 aromatic heterocycles. The third kappa shape index (κ3) is 3.17. The lowest BCUT2D eigenvalue weighted by Gasteiger charge is -2.29. The minimum absolute atomic E-state index is 0.441. The molecule has 0 unspecified atom stereocenters. The predicted octanol–water partition coefficient (Wildman–Crippen LogP) is 0.687. The predicted molar refractivity (Wildman–Crippen MR) is 66.9 cm³/mol. The lowest BCUT2D eigenvalue weighted by Crippen LogP contribution is -2.36. The number of piperidine rings is 1. The first-order valence-electron chi connectivity index (χ1n) is 5.86. The van der Waals surface area contributed by atoms with Gasteiger partial charge in [-0.2, -0.15) is 0 Å². The molecule has 0 aliphatic carbocycles. The molecule has 17 heavy (non-hydrogen) atoms. The fourth-order valence-corrected chi connectivity index (χ4v) is 1.99. The molecule has 0 spiro atoms. The average Bonchev–Trinajstić information content (AvgIpc) is 2.33. The molecule has 92 valence electrons. The molecule has 2 heterocycles. The van der Waals surface area contributed by atoms with Crippen molar-refractivity contribution in [3.05, 3.63) is 23.9 Å². The van der Waals surface area contributed by atoms with Gasteiger partial charge in [0.15, 0.2) is 0 Å². The van der Waals surface area contributed by atoms with Crippen LogP contribution in [0.2, 0.25) is 0 Å². The van der Waals surface area contributed by atoms with Crippen LogP contribution in [0.5, 0.6) is 0 Å². The van der Waals surface area contributed by atoms with Crippen molar-refractivity contribution in [1.82, 2.24) is 9.88 Å². The van der Waals surface area contributed by atoms with Crippen LogP contribution in [0.15, 0.2) is 18.3 Å². The van der Waals surface area contributed by atoms with Crippen LogP contribution < -0.4 is 11.1 Å². The molecule has 1 aromatic rings. The fourth-order valence-electron chi connectivity index (χ4n) is 1.99. The van der Waals surface area contributed by atoms with E-state index in [0.29, 0.717) is 11.6 Å². The van der Waals surface area contributed by atoms with E-state index in [0.717, 1.165) is 31.7 Å². The first-order chi connectivity index (χ1) is 8.15. The Hall–Kier alpha value is -1.62. The zero-order chi connectivity index (χ0) is 12.3. The summed E-state index contributed by atoms with van der Waals surface area (Å²) in [5.74, 6) is 0.368. The number of hydrogen-bond donors (Lipinski definition) is 2. The van der Waals surface area contributed by atoms with Gasteiger partial charge in [-0.1, -0.05) is 0 Å². The number of carbonyl (C=O) groups is 1. The molecule has 5 heteroatoms. The highest BCUT2D eigenvalue weighted by atomic mass is 16.1. The van der Waals surface area contributed by atoms with Gasteiger partial charge in [-0.25, -0.2) is 4.98 Å². The highest BCUT2D eigenvalue weighted by Crippen LogP contribution is 2.14. The van der Waals surface area contributed by atoms with Crippen molar-refractivity contribution in [3.8, 4) is 0 Å². The van der Waals surface area contributed by atoms with E-state index in [2.05, 4.69) is 22.2 Å². The lowest BCUT2D eigenvalue weighted by atomic mass is 10.1. The maximum Gasteiger partial charge on any atom is 0.250 e. The fraction of sp³-hybridized carbons (Fsp3) is 0.500. The number of primary amides is 1. The van der Waals surface area contributed by atoms with Crippen LogP contribution in [0.4, 0.5) is 5.82 Å². The number of nitrogens with zero attached hydrogens (tertiary/aromatic N) is 2. The van der Waals surface area contributed by atoms with Crippen molar-refractivity contribution < 1.29 is 4.79 Å². The van der Waals surface area contributed by atoms with Gasteiger partial charge in [0.2, 0.25) is 5.91 Å². The SMILES string of the molecule is CN1CCC(Nc2ccc(C(N)=O)cn2)CC1. The second kappa shape index (κ2) is 5.14. The number of anilines is 1. The van der Waals surface area contributed by atoms with Crippen molar-refractivity contribution in [2.45, 2.75) is 18.9 Å². The molecule has 1 aliphatic rings. The number of amides is 1. The smallest absolute Gasteiger partial charge is 0.250 e. The van der Waals surface area contributed by atoms with Crippen molar-refractivity contribution in [2.24, 2.45) is 5.73 Å². The third-order valence-electron chi connectivity index (χ3n) is 3.12. The number of rotatable bonds is 3. The van der Waals surface area contributed by atoms with Crippen LogP contribution in [-0.4, -0.2) is 42.0 Å². The summed E-state index contributed by atoms with van der Waals surface area (Å²) in [6, 6.07) is 3.98. The molecule has 2 rings (SSSR count). The number of carbonyl (C=O) groups excluding carboxylic acids is 1. The summed E-state index contributed by atoms with van der Waals surface area (Å²) in [6.07, 6.45) is 3.76. The number of likely N-dealkylation sites (tertiary alicyclic amines) is 1. The summed E-state index contributed by atoms with van der Waals surface area (Å²) in [7, 11) is 2.14. The summed E-state index contributed by atoms with van der Waals surface area (Å²) < 4.78 is 0.